The van der Waals surface area contributed by atoms with Crippen molar-refractivity contribution in [1.82, 2.24) is 10.2 Å². The van der Waals surface area contributed by atoms with Crippen molar-refractivity contribution < 1.29 is 22.4 Å². The average Bonchev–Trinajstić information content (AvgIpc) is 3.41. The summed E-state index contributed by atoms with van der Waals surface area (Å²) < 4.78 is 37.8. The second-order valence-electron chi connectivity index (χ2n) is 8.05. The quantitative estimate of drug-likeness (QED) is 0.707. The molecule has 31 heavy (non-hydrogen) atoms. The van der Waals surface area contributed by atoms with Crippen LogP contribution < -0.4 is 10.6 Å². The van der Waals surface area contributed by atoms with Gasteiger partial charge in [-0.15, -0.1) is 11.3 Å². The Morgan fingerprint density at radius 2 is 1.87 bits per heavy atom. The molecule has 1 aromatic carbocycles. The van der Waals surface area contributed by atoms with Crippen LogP contribution in [-0.2, 0) is 9.84 Å². The molecule has 2 fully saturated rings. The lowest BCUT2D eigenvalue weighted by atomic mass is 10.1. The molecule has 2 saturated heterocycles. The van der Waals surface area contributed by atoms with Crippen LogP contribution in [0.1, 0.15) is 38.4 Å². The van der Waals surface area contributed by atoms with E-state index in [0.717, 1.165) is 43.3 Å². The predicted molar refractivity (Wildman–Crippen MR) is 118 cm³/mol. The normalized spacial score (nSPS) is 23.0. The molecule has 2 unspecified atom stereocenters. The van der Waals surface area contributed by atoms with Crippen LogP contribution in [0.3, 0.4) is 0 Å². The number of amides is 2. The summed E-state index contributed by atoms with van der Waals surface area (Å²) in [5, 5.41) is 6.07. The van der Waals surface area contributed by atoms with E-state index in [0.29, 0.717) is 15.4 Å². The van der Waals surface area contributed by atoms with E-state index in [1.807, 2.05) is 0 Å². The molecule has 0 aliphatic carbocycles. The summed E-state index contributed by atoms with van der Waals surface area (Å²) in [5.74, 6) is -1.32. The van der Waals surface area contributed by atoms with Gasteiger partial charge < -0.3 is 10.6 Å². The van der Waals surface area contributed by atoms with Gasteiger partial charge in [-0.2, -0.15) is 0 Å². The third-order valence-electron chi connectivity index (χ3n) is 5.70. The number of aryl methyl sites for hydroxylation is 1. The number of benzene rings is 1. The molecule has 2 aliphatic heterocycles. The maximum Gasteiger partial charge on any atom is 0.262 e. The highest BCUT2D eigenvalue weighted by Gasteiger charge is 2.42. The Morgan fingerprint density at radius 1 is 1.13 bits per heavy atom. The molecule has 7 nitrogen and oxygen atoms in total. The van der Waals surface area contributed by atoms with Crippen LogP contribution in [0.5, 0.6) is 0 Å². The Balaban J connectivity index is 1.46. The highest BCUT2D eigenvalue weighted by molar-refractivity contribution is 7.91. The zero-order valence-electron chi connectivity index (χ0n) is 17.1. The van der Waals surface area contributed by atoms with Gasteiger partial charge in [-0.3, -0.25) is 14.5 Å². The summed E-state index contributed by atoms with van der Waals surface area (Å²) in [6, 6.07) is 6.38. The average molecular weight is 466 g/mol. The summed E-state index contributed by atoms with van der Waals surface area (Å²) in [7, 11) is -3.21. The van der Waals surface area contributed by atoms with Crippen LogP contribution in [0, 0.1) is 12.7 Å². The Bertz CT molecular complexity index is 1110. The summed E-state index contributed by atoms with van der Waals surface area (Å²) in [6.45, 7) is 3.45. The van der Waals surface area contributed by atoms with Gasteiger partial charge in [0.2, 0.25) is 0 Å². The van der Waals surface area contributed by atoms with Gasteiger partial charge in [0.15, 0.2) is 9.84 Å². The Hall–Kier alpha value is -2.30. The lowest BCUT2D eigenvalue weighted by Gasteiger charge is -2.28. The number of carbonyl (C=O) groups excluding carboxylic acids is 2. The third kappa shape index (κ3) is 4.97. The van der Waals surface area contributed by atoms with Crippen molar-refractivity contribution in [2.75, 3.05) is 29.9 Å². The van der Waals surface area contributed by atoms with Crippen molar-refractivity contribution in [3.63, 3.8) is 0 Å². The standard InChI is InChI=1S/C21H24FN3O4S2/c1-13-9-18(24-20(26)14-5-4-6-15(22)10-14)30-19(13)21(27)23-16-11-31(28,29)12-17(16)25-7-2-3-8-25/h4-6,9-10,16-17H,2-3,7-8,11-12H2,1H3,(H,23,27)(H,24,26). The van der Waals surface area contributed by atoms with E-state index in [-0.39, 0.29) is 29.0 Å². The molecular weight excluding hydrogens is 441 g/mol. The van der Waals surface area contributed by atoms with Crippen LogP contribution in [0.4, 0.5) is 9.39 Å². The Kier molecular flexibility index (Phi) is 6.14. The molecule has 0 bridgehead atoms. The number of sulfone groups is 1. The highest BCUT2D eigenvalue weighted by Crippen LogP contribution is 2.28. The first-order chi connectivity index (χ1) is 14.7. The van der Waals surface area contributed by atoms with Crippen molar-refractivity contribution >= 4 is 38.0 Å². The fraction of sp³-hybridized carbons (Fsp3) is 0.429. The molecule has 2 amide bonds. The van der Waals surface area contributed by atoms with Crippen LogP contribution >= 0.6 is 11.3 Å². The highest BCUT2D eigenvalue weighted by atomic mass is 32.2. The smallest absolute Gasteiger partial charge is 0.262 e. The fourth-order valence-corrected chi connectivity index (χ4v) is 7.14. The molecule has 1 aromatic heterocycles. The molecule has 2 atom stereocenters. The number of rotatable bonds is 5. The summed E-state index contributed by atoms with van der Waals surface area (Å²) in [6.07, 6.45) is 2.07. The molecule has 2 aliphatic rings. The second-order valence-corrected chi connectivity index (χ2v) is 11.3. The van der Waals surface area contributed by atoms with Crippen LogP contribution in [0.15, 0.2) is 30.3 Å². The minimum absolute atomic E-state index is 0.0620. The number of halogens is 1. The van der Waals surface area contributed by atoms with Gasteiger partial charge in [-0.1, -0.05) is 6.07 Å². The van der Waals surface area contributed by atoms with Crippen molar-refractivity contribution in [1.29, 1.82) is 0 Å². The molecule has 2 N–H and O–H groups in total. The van der Waals surface area contributed by atoms with Gasteiger partial charge in [-0.25, -0.2) is 12.8 Å². The van der Waals surface area contributed by atoms with E-state index in [1.165, 1.54) is 18.2 Å². The van der Waals surface area contributed by atoms with E-state index >= 15 is 0 Å². The molecule has 4 rings (SSSR count). The zero-order valence-corrected chi connectivity index (χ0v) is 18.7. The molecule has 166 valence electrons. The number of carbonyl (C=O) groups is 2. The van der Waals surface area contributed by atoms with Crippen molar-refractivity contribution in [3.8, 4) is 0 Å². The van der Waals surface area contributed by atoms with E-state index in [4.69, 9.17) is 0 Å². The first-order valence-corrected chi connectivity index (χ1v) is 12.8. The maximum absolute atomic E-state index is 13.4. The van der Waals surface area contributed by atoms with Crippen LogP contribution in [0.2, 0.25) is 0 Å². The first-order valence-electron chi connectivity index (χ1n) is 10.1. The topological polar surface area (TPSA) is 95.6 Å². The zero-order chi connectivity index (χ0) is 22.2. The van der Waals surface area contributed by atoms with Crippen molar-refractivity contribution in [3.05, 3.63) is 52.2 Å². The summed E-state index contributed by atoms with van der Waals surface area (Å²) in [5.41, 5.74) is 0.859. The van der Waals surface area contributed by atoms with Crippen LogP contribution in [0.25, 0.3) is 0 Å². The number of anilines is 1. The fourth-order valence-electron chi connectivity index (χ4n) is 4.22. The van der Waals surface area contributed by atoms with E-state index in [2.05, 4.69) is 15.5 Å². The largest absolute Gasteiger partial charge is 0.346 e. The Morgan fingerprint density at radius 3 is 2.58 bits per heavy atom. The number of nitrogens with one attached hydrogen (secondary N) is 2. The van der Waals surface area contributed by atoms with Crippen LogP contribution in [-0.4, -0.2) is 61.8 Å². The third-order valence-corrected chi connectivity index (χ3v) is 8.56. The van der Waals surface area contributed by atoms with Crippen molar-refractivity contribution in [2.24, 2.45) is 0 Å². The lowest BCUT2D eigenvalue weighted by Crippen LogP contribution is -2.50. The molecule has 0 saturated carbocycles. The number of thiophene rings is 1. The van der Waals surface area contributed by atoms with E-state index in [1.54, 1.807) is 13.0 Å². The molecule has 2 aromatic rings. The lowest BCUT2D eigenvalue weighted by molar-refractivity contribution is 0.0921. The first kappa shape index (κ1) is 21.9. The van der Waals surface area contributed by atoms with Gasteiger partial charge >= 0.3 is 0 Å². The predicted octanol–water partition coefficient (Wildman–Crippen LogP) is 2.44. The molecule has 0 radical (unpaired) electrons. The number of hydrogen-bond acceptors (Lipinski definition) is 6. The Labute approximate surface area is 184 Å². The van der Waals surface area contributed by atoms with Gasteiger partial charge in [-0.05, 0) is 62.7 Å². The van der Waals surface area contributed by atoms with Crippen molar-refractivity contribution in [2.45, 2.75) is 31.8 Å². The number of likely N-dealkylation sites (tertiary alicyclic amines) is 1. The summed E-state index contributed by atoms with van der Waals surface area (Å²) in [4.78, 5) is 27.9. The van der Waals surface area contributed by atoms with Gasteiger partial charge in [0.25, 0.3) is 11.8 Å². The molecule has 3 heterocycles. The van der Waals surface area contributed by atoms with Gasteiger partial charge in [0.05, 0.1) is 27.4 Å². The molecule has 10 heteroatoms. The monoisotopic (exact) mass is 465 g/mol. The molecular formula is C21H24FN3O4S2. The van der Waals surface area contributed by atoms with E-state index < -0.39 is 27.6 Å². The summed E-state index contributed by atoms with van der Waals surface area (Å²) >= 11 is 1.11. The minimum Gasteiger partial charge on any atom is -0.346 e. The SMILES string of the molecule is Cc1cc(NC(=O)c2cccc(F)c2)sc1C(=O)NC1CS(=O)(=O)CC1N1CCCC1. The van der Waals surface area contributed by atoms with Gasteiger partial charge in [0.1, 0.15) is 5.82 Å². The number of hydrogen-bond donors (Lipinski definition) is 2. The minimum atomic E-state index is -3.21. The van der Waals surface area contributed by atoms with Gasteiger partial charge in [0, 0.05) is 11.6 Å². The molecule has 0 spiro atoms. The van der Waals surface area contributed by atoms with E-state index in [9.17, 15) is 22.4 Å². The number of nitrogens with zero attached hydrogens (tertiary/aromatic N) is 1. The second kappa shape index (κ2) is 8.68. The maximum atomic E-state index is 13.4.